The average molecular weight is 488 g/mol. The number of benzene rings is 3. The molecule has 8 heteroatoms. The Morgan fingerprint density at radius 2 is 1.42 bits per heavy atom. The SMILES string of the molecule is CCOc1ccc(-c2noc(CCC(=O)NC(c3ccc(OC)cc3)c3ccc(OC)cc3)n2)cc1. The first-order valence-electron chi connectivity index (χ1n) is 11.7. The van der Waals surface area contributed by atoms with Crippen LogP contribution < -0.4 is 19.5 Å². The number of methoxy groups -OCH3 is 2. The molecule has 1 amide bonds. The standard InChI is InChI=1S/C28H29N3O5/c1-4-35-24-15-9-21(10-16-24)28-30-26(36-31-28)18-17-25(32)29-27(19-5-11-22(33-2)12-6-19)20-7-13-23(34-3)14-8-20/h5-16,27H,4,17-18H2,1-3H3,(H,29,32). The van der Waals surface area contributed by atoms with Gasteiger partial charge in [0, 0.05) is 18.4 Å². The summed E-state index contributed by atoms with van der Waals surface area (Å²) in [4.78, 5) is 17.4. The number of hydrogen-bond donors (Lipinski definition) is 1. The first-order chi connectivity index (χ1) is 17.6. The van der Waals surface area contributed by atoms with Gasteiger partial charge in [0.1, 0.15) is 17.2 Å². The molecular weight excluding hydrogens is 458 g/mol. The van der Waals surface area contributed by atoms with Crippen molar-refractivity contribution in [2.45, 2.75) is 25.8 Å². The summed E-state index contributed by atoms with van der Waals surface area (Å²) in [6, 6.07) is 22.4. The topological polar surface area (TPSA) is 95.7 Å². The minimum atomic E-state index is -0.337. The number of rotatable bonds is 11. The molecule has 0 atom stereocenters. The van der Waals surface area contributed by atoms with Gasteiger partial charge < -0.3 is 24.1 Å². The van der Waals surface area contributed by atoms with Crippen molar-refractivity contribution < 1.29 is 23.5 Å². The number of aromatic nitrogens is 2. The van der Waals surface area contributed by atoms with E-state index in [-0.39, 0.29) is 18.4 Å². The second-order valence-electron chi connectivity index (χ2n) is 8.02. The van der Waals surface area contributed by atoms with Crippen molar-refractivity contribution in [2.24, 2.45) is 0 Å². The highest BCUT2D eigenvalue weighted by Gasteiger charge is 2.18. The zero-order chi connectivity index (χ0) is 25.3. The highest BCUT2D eigenvalue weighted by atomic mass is 16.5. The normalized spacial score (nSPS) is 10.8. The van der Waals surface area contributed by atoms with Crippen molar-refractivity contribution >= 4 is 5.91 Å². The molecule has 1 N–H and O–H groups in total. The molecule has 4 aromatic rings. The lowest BCUT2D eigenvalue weighted by molar-refractivity contribution is -0.121. The lowest BCUT2D eigenvalue weighted by Crippen LogP contribution is -2.29. The van der Waals surface area contributed by atoms with Gasteiger partial charge in [-0.25, -0.2) is 0 Å². The number of nitrogens with one attached hydrogen (secondary N) is 1. The number of amides is 1. The minimum absolute atomic E-state index is 0.132. The van der Waals surface area contributed by atoms with Gasteiger partial charge in [-0.3, -0.25) is 4.79 Å². The van der Waals surface area contributed by atoms with Crippen LogP contribution in [0.1, 0.15) is 36.4 Å². The van der Waals surface area contributed by atoms with Gasteiger partial charge in [0.15, 0.2) is 0 Å². The molecule has 8 nitrogen and oxygen atoms in total. The fraction of sp³-hybridized carbons (Fsp3) is 0.250. The largest absolute Gasteiger partial charge is 0.497 e. The van der Waals surface area contributed by atoms with Gasteiger partial charge in [0.05, 0.1) is 26.9 Å². The van der Waals surface area contributed by atoms with Crippen molar-refractivity contribution in [1.82, 2.24) is 15.5 Å². The van der Waals surface area contributed by atoms with E-state index < -0.39 is 0 Å². The van der Waals surface area contributed by atoms with Crippen molar-refractivity contribution in [3.8, 4) is 28.6 Å². The quantitative estimate of drug-likeness (QED) is 0.318. The molecule has 0 saturated heterocycles. The molecule has 0 spiro atoms. The van der Waals surface area contributed by atoms with Crippen LogP contribution in [-0.2, 0) is 11.2 Å². The molecular formula is C28H29N3O5. The number of carbonyl (C=O) groups is 1. The first kappa shape index (κ1) is 24.8. The highest BCUT2D eigenvalue weighted by Crippen LogP contribution is 2.26. The Kier molecular flexibility index (Phi) is 8.18. The Bertz CT molecular complexity index is 1200. The summed E-state index contributed by atoms with van der Waals surface area (Å²) < 4.78 is 21.4. The zero-order valence-corrected chi connectivity index (χ0v) is 20.6. The van der Waals surface area contributed by atoms with Gasteiger partial charge in [0.25, 0.3) is 0 Å². The van der Waals surface area contributed by atoms with E-state index in [4.69, 9.17) is 18.7 Å². The molecule has 0 aliphatic carbocycles. The maximum Gasteiger partial charge on any atom is 0.227 e. The Morgan fingerprint density at radius 3 is 1.94 bits per heavy atom. The number of hydrogen-bond acceptors (Lipinski definition) is 7. The maximum atomic E-state index is 12.9. The second-order valence-corrected chi connectivity index (χ2v) is 8.02. The molecule has 0 bridgehead atoms. The van der Waals surface area contributed by atoms with Crippen molar-refractivity contribution in [3.05, 3.63) is 89.8 Å². The fourth-order valence-corrected chi connectivity index (χ4v) is 3.75. The molecule has 0 unspecified atom stereocenters. The van der Waals surface area contributed by atoms with Crippen LogP contribution in [0.3, 0.4) is 0 Å². The number of aryl methyl sites for hydroxylation is 1. The summed E-state index contributed by atoms with van der Waals surface area (Å²) in [6.07, 6.45) is 0.529. The van der Waals surface area contributed by atoms with Gasteiger partial charge in [-0.05, 0) is 66.6 Å². The van der Waals surface area contributed by atoms with Crippen LogP contribution in [0, 0.1) is 0 Å². The highest BCUT2D eigenvalue weighted by molar-refractivity contribution is 5.77. The molecule has 0 saturated carbocycles. The van der Waals surface area contributed by atoms with E-state index in [1.54, 1.807) is 14.2 Å². The van der Waals surface area contributed by atoms with E-state index in [0.29, 0.717) is 24.7 Å². The van der Waals surface area contributed by atoms with Crippen LogP contribution in [0.25, 0.3) is 11.4 Å². The van der Waals surface area contributed by atoms with E-state index in [1.165, 1.54) is 0 Å². The lowest BCUT2D eigenvalue weighted by atomic mass is 9.98. The molecule has 0 radical (unpaired) electrons. The van der Waals surface area contributed by atoms with Crippen LogP contribution in [-0.4, -0.2) is 36.9 Å². The summed E-state index contributed by atoms with van der Waals surface area (Å²) in [5.41, 5.74) is 2.69. The van der Waals surface area contributed by atoms with Gasteiger partial charge in [-0.2, -0.15) is 4.98 Å². The van der Waals surface area contributed by atoms with Crippen LogP contribution >= 0.6 is 0 Å². The summed E-state index contributed by atoms with van der Waals surface area (Å²) >= 11 is 0. The average Bonchev–Trinajstić information content (AvgIpc) is 3.40. The van der Waals surface area contributed by atoms with E-state index in [1.807, 2.05) is 79.7 Å². The molecule has 1 aromatic heterocycles. The Labute approximate surface area is 210 Å². The van der Waals surface area contributed by atoms with Crippen molar-refractivity contribution in [1.29, 1.82) is 0 Å². The molecule has 0 aliphatic rings. The van der Waals surface area contributed by atoms with E-state index in [0.717, 1.165) is 33.9 Å². The van der Waals surface area contributed by atoms with Crippen LogP contribution in [0.15, 0.2) is 77.3 Å². The number of ether oxygens (including phenoxy) is 3. The van der Waals surface area contributed by atoms with Crippen molar-refractivity contribution in [2.75, 3.05) is 20.8 Å². The number of carbonyl (C=O) groups excluding carboxylic acids is 1. The van der Waals surface area contributed by atoms with Gasteiger partial charge in [-0.15, -0.1) is 0 Å². The maximum absolute atomic E-state index is 12.9. The van der Waals surface area contributed by atoms with E-state index >= 15 is 0 Å². The second kappa shape index (κ2) is 11.9. The van der Waals surface area contributed by atoms with Gasteiger partial charge in [0.2, 0.25) is 17.6 Å². The minimum Gasteiger partial charge on any atom is -0.497 e. The Morgan fingerprint density at radius 1 is 0.861 bits per heavy atom. The molecule has 0 aliphatic heterocycles. The Balaban J connectivity index is 1.42. The summed E-state index contributed by atoms with van der Waals surface area (Å²) in [7, 11) is 3.24. The zero-order valence-electron chi connectivity index (χ0n) is 20.6. The summed E-state index contributed by atoms with van der Waals surface area (Å²) in [6.45, 7) is 2.54. The molecule has 4 rings (SSSR count). The van der Waals surface area contributed by atoms with Crippen LogP contribution in [0.2, 0.25) is 0 Å². The molecule has 186 valence electrons. The third-order valence-corrected chi connectivity index (χ3v) is 5.66. The first-order valence-corrected chi connectivity index (χ1v) is 11.7. The third kappa shape index (κ3) is 6.21. The van der Waals surface area contributed by atoms with Crippen LogP contribution in [0.5, 0.6) is 17.2 Å². The molecule has 3 aromatic carbocycles. The fourth-order valence-electron chi connectivity index (χ4n) is 3.75. The predicted molar refractivity (Wildman–Crippen MR) is 135 cm³/mol. The Hall–Kier alpha value is -4.33. The number of nitrogens with zero attached hydrogens (tertiary/aromatic N) is 2. The van der Waals surface area contributed by atoms with Gasteiger partial charge >= 0.3 is 0 Å². The molecule has 1 heterocycles. The van der Waals surface area contributed by atoms with Crippen molar-refractivity contribution in [3.63, 3.8) is 0 Å². The predicted octanol–water partition coefficient (Wildman–Crippen LogP) is 4.99. The van der Waals surface area contributed by atoms with Gasteiger partial charge in [-0.1, -0.05) is 29.4 Å². The summed E-state index contributed by atoms with van der Waals surface area (Å²) in [5, 5.41) is 7.17. The van der Waals surface area contributed by atoms with E-state index in [2.05, 4.69) is 15.5 Å². The third-order valence-electron chi connectivity index (χ3n) is 5.66. The van der Waals surface area contributed by atoms with E-state index in [9.17, 15) is 4.79 Å². The smallest absolute Gasteiger partial charge is 0.227 e. The lowest BCUT2D eigenvalue weighted by Gasteiger charge is -2.20. The molecule has 0 fully saturated rings. The summed E-state index contributed by atoms with van der Waals surface area (Å²) in [5.74, 6) is 3.02. The monoisotopic (exact) mass is 487 g/mol. The molecule has 36 heavy (non-hydrogen) atoms. The van der Waals surface area contributed by atoms with Crippen LogP contribution in [0.4, 0.5) is 0 Å².